The fourth-order valence-electron chi connectivity index (χ4n) is 4.84. The fourth-order valence-corrected chi connectivity index (χ4v) is 4.84. The normalized spacial score (nSPS) is 37.3. The van der Waals surface area contributed by atoms with Gasteiger partial charge in [-0.3, -0.25) is 0 Å². The van der Waals surface area contributed by atoms with Crippen molar-refractivity contribution in [2.75, 3.05) is 40.3 Å². The number of likely N-dealkylation sites (N-methyl/N-ethyl adjacent to an activating group) is 1. The summed E-state index contributed by atoms with van der Waals surface area (Å²) in [5.74, 6) is 1.62. The summed E-state index contributed by atoms with van der Waals surface area (Å²) in [4.78, 5) is 5.14. The van der Waals surface area contributed by atoms with E-state index in [0.29, 0.717) is 11.5 Å². The molecule has 2 aliphatic rings. The molecule has 0 aromatic rings. The second-order valence-electron chi connectivity index (χ2n) is 8.40. The van der Waals surface area contributed by atoms with Crippen molar-refractivity contribution in [3.63, 3.8) is 0 Å². The predicted octanol–water partition coefficient (Wildman–Crippen LogP) is 2.67. The molecule has 3 heteroatoms. The van der Waals surface area contributed by atoms with Crippen LogP contribution in [-0.4, -0.2) is 62.2 Å². The summed E-state index contributed by atoms with van der Waals surface area (Å²) in [6, 6.07) is 1.42. The summed E-state index contributed by atoms with van der Waals surface area (Å²) in [7, 11) is 4.46. The molecule has 1 aliphatic carbocycles. The van der Waals surface area contributed by atoms with Gasteiger partial charge in [-0.1, -0.05) is 34.1 Å². The SMILES string of the molecule is CCNC1C(CN2CC(C)C(N(C)C)C2)CCCC1(C)C. The Morgan fingerprint density at radius 2 is 1.95 bits per heavy atom. The van der Waals surface area contributed by atoms with Crippen LogP contribution in [0, 0.1) is 17.3 Å². The molecule has 1 N–H and O–H groups in total. The number of hydrogen-bond donors (Lipinski definition) is 1. The van der Waals surface area contributed by atoms with E-state index in [9.17, 15) is 0 Å². The molecule has 0 spiro atoms. The summed E-state index contributed by atoms with van der Waals surface area (Å²) >= 11 is 0. The van der Waals surface area contributed by atoms with Crippen molar-refractivity contribution in [3.05, 3.63) is 0 Å². The van der Waals surface area contributed by atoms with E-state index in [1.807, 2.05) is 0 Å². The molecule has 21 heavy (non-hydrogen) atoms. The Kier molecular flexibility index (Phi) is 5.72. The summed E-state index contributed by atoms with van der Waals surface area (Å²) in [6.45, 7) is 14.5. The standard InChI is InChI=1S/C18H37N3/c1-7-19-17-15(9-8-10-18(17,3)4)12-21-11-14(2)16(13-21)20(5)6/h14-17,19H,7-13H2,1-6H3. The van der Waals surface area contributed by atoms with Crippen molar-refractivity contribution in [3.8, 4) is 0 Å². The zero-order valence-electron chi connectivity index (χ0n) is 15.2. The molecule has 3 nitrogen and oxygen atoms in total. The third-order valence-electron chi connectivity index (χ3n) is 5.94. The Morgan fingerprint density at radius 1 is 1.24 bits per heavy atom. The van der Waals surface area contributed by atoms with Crippen LogP contribution in [0.4, 0.5) is 0 Å². The zero-order chi connectivity index (χ0) is 15.6. The molecule has 2 fully saturated rings. The van der Waals surface area contributed by atoms with Gasteiger partial charge in [0.1, 0.15) is 0 Å². The second-order valence-corrected chi connectivity index (χ2v) is 8.40. The average molecular weight is 296 g/mol. The van der Waals surface area contributed by atoms with E-state index in [1.165, 1.54) is 38.9 Å². The van der Waals surface area contributed by atoms with E-state index in [1.54, 1.807) is 0 Å². The van der Waals surface area contributed by atoms with Crippen LogP contribution in [-0.2, 0) is 0 Å². The number of likely N-dealkylation sites (tertiary alicyclic amines) is 1. The summed E-state index contributed by atoms with van der Waals surface area (Å²) < 4.78 is 0. The van der Waals surface area contributed by atoms with E-state index in [0.717, 1.165) is 24.4 Å². The number of nitrogens with zero attached hydrogens (tertiary/aromatic N) is 2. The molecular weight excluding hydrogens is 258 g/mol. The first-order valence-electron chi connectivity index (χ1n) is 8.97. The average Bonchev–Trinajstić information content (AvgIpc) is 2.74. The minimum Gasteiger partial charge on any atom is -0.313 e. The number of rotatable bonds is 5. The molecule has 124 valence electrons. The third-order valence-corrected chi connectivity index (χ3v) is 5.94. The first-order chi connectivity index (χ1) is 9.85. The Bertz CT molecular complexity index is 326. The van der Waals surface area contributed by atoms with Gasteiger partial charge in [-0.2, -0.15) is 0 Å². The van der Waals surface area contributed by atoms with Crippen LogP contribution in [0.5, 0.6) is 0 Å². The lowest BCUT2D eigenvalue weighted by Gasteiger charge is -2.45. The molecule has 2 rings (SSSR count). The van der Waals surface area contributed by atoms with Crippen molar-refractivity contribution in [1.29, 1.82) is 0 Å². The van der Waals surface area contributed by atoms with Gasteiger partial charge in [-0.15, -0.1) is 0 Å². The maximum Gasteiger partial charge on any atom is 0.0254 e. The zero-order valence-corrected chi connectivity index (χ0v) is 15.2. The molecular formula is C18H37N3. The highest BCUT2D eigenvalue weighted by Crippen LogP contribution is 2.39. The van der Waals surface area contributed by atoms with Gasteiger partial charge in [0.15, 0.2) is 0 Å². The summed E-state index contributed by atoms with van der Waals surface area (Å²) in [5.41, 5.74) is 0.450. The van der Waals surface area contributed by atoms with Gasteiger partial charge in [-0.25, -0.2) is 0 Å². The Balaban J connectivity index is 1.97. The molecule has 1 aliphatic heterocycles. The molecule has 1 saturated carbocycles. The second kappa shape index (κ2) is 6.97. The van der Waals surface area contributed by atoms with Crippen LogP contribution in [0.1, 0.15) is 47.0 Å². The first-order valence-corrected chi connectivity index (χ1v) is 8.97. The van der Waals surface area contributed by atoms with Crippen molar-refractivity contribution >= 4 is 0 Å². The van der Waals surface area contributed by atoms with Gasteiger partial charge in [-0.05, 0) is 50.7 Å². The molecule has 0 bridgehead atoms. The van der Waals surface area contributed by atoms with Crippen LogP contribution >= 0.6 is 0 Å². The van der Waals surface area contributed by atoms with Crippen molar-refractivity contribution in [2.45, 2.75) is 59.0 Å². The highest BCUT2D eigenvalue weighted by atomic mass is 15.2. The van der Waals surface area contributed by atoms with Gasteiger partial charge in [0.2, 0.25) is 0 Å². The van der Waals surface area contributed by atoms with Crippen LogP contribution in [0.25, 0.3) is 0 Å². The number of nitrogens with one attached hydrogen (secondary N) is 1. The van der Waals surface area contributed by atoms with E-state index in [2.05, 4.69) is 56.9 Å². The summed E-state index contributed by atoms with van der Waals surface area (Å²) in [6.07, 6.45) is 4.18. The lowest BCUT2D eigenvalue weighted by atomic mass is 9.67. The van der Waals surface area contributed by atoms with Crippen LogP contribution < -0.4 is 5.32 Å². The maximum atomic E-state index is 3.81. The molecule has 4 atom stereocenters. The smallest absolute Gasteiger partial charge is 0.0254 e. The lowest BCUT2D eigenvalue weighted by molar-refractivity contribution is 0.0841. The van der Waals surface area contributed by atoms with Gasteiger partial charge < -0.3 is 15.1 Å². The van der Waals surface area contributed by atoms with Crippen molar-refractivity contribution < 1.29 is 0 Å². The van der Waals surface area contributed by atoms with Crippen molar-refractivity contribution in [2.24, 2.45) is 17.3 Å². The predicted molar refractivity (Wildman–Crippen MR) is 91.7 cm³/mol. The van der Waals surface area contributed by atoms with Crippen LogP contribution in [0.2, 0.25) is 0 Å². The molecule has 1 saturated heterocycles. The van der Waals surface area contributed by atoms with E-state index >= 15 is 0 Å². The quantitative estimate of drug-likeness (QED) is 0.841. The Hall–Kier alpha value is -0.120. The number of hydrogen-bond acceptors (Lipinski definition) is 3. The highest BCUT2D eigenvalue weighted by molar-refractivity contribution is 4.96. The van der Waals surface area contributed by atoms with Gasteiger partial charge in [0.05, 0.1) is 0 Å². The van der Waals surface area contributed by atoms with Gasteiger partial charge in [0.25, 0.3) is 0 Å². The molecule has 0 aromatic carbocycles. The maximum absolute atomic E-state index is 3.81. The van der Waals surface area contributed by atoms with E-state index in [4.69, 9.17) is 0 Å². The van der Waals surface area contributed by atoms with Crippen molar-refractivity contribution in [1.82, 2.24) is 15.1 Å². The van der Waals surface area contributed by atoms with E-state index < -0.39 is 0 Å². The fraction of sp³-hybridized carbons (Fsp3) is 1.00. The first kappa shape index (κ1) is 17.2. The monoisotopic (exact) mass is 295 g/mol. The Labute approximate surface area is 132 Å². The minimum absolute atomic E-state index is 0.450. The van der Waals surface area contributed by atoms with Gasteiger partial charge in [0, 0.05) is 31.7 Å². The Morgan fingerprint density at radius 3 is 2.52 bits per heavy atom. The van der Waals surface area contributed by atoms with Crippen LogP contribution in [0.3, 0.4) is 0 Å². The topological polar surface area (TPSA) is 18.5 Å². The molecule has 0 amide bonds. The molecule has 0 aromatic heterocycles. The lowest BCUT2D eigenvalue weighted by Crippen LogP contribution is -2.52. The summed E-state index contributed by atoms with van der Waals surface area (Å²) in [5, 5.41) is 3.81. The largest absolute Gasteiger partial charge is 0.313 e. The molecule has 0 radical (unpaired) electrons. The van der Waals surface area contributed by atoms with Crippen LogP contribution in [0.15, 0.2) is 0 Å². The highest BCUT2D eigenvalue weighted by Gasteiger charge is 2.40. The minimum atomic E-state index is 0.450. The third kappa shape index (κ3) is 4.00. The molecule has 1 heterocycles. The van der Waals surface area contributed by atoms with E-state index in [-0.39, 0.29) is 0 Å². The van der Waals surface area contributed by atoms with Gasteiger partial charge >= 0.3 is 0 Å². The molecule has 4 unspecified atom stereocenters.